The molecule has 0 unspecified atom stereocenters. The van der Waals surface area contributed by atoms with Gasteiger partial charge in [0.1, 0.15) is 0 Å². The summed E-state index contributed by atoms with van der Waals surface area (Å²) in [5.41, 5.74) is 9.12. The number of rotatable bonds is 5. The maximum atomic E-state index is 6.33. The number of nitrogens with two attached hydrogens (primary N) is 1. The van der Waals surface area contributed by atoms with Crippen LogP contribution in [0, 0.1) is 0 Å². The summed E-state index contributed by atoms with van der Waals surface area (Å²) >= 11 is 6.33. The maximum absolute atomic E-state index is 6.33. The average Bonchev–Trinajstić information content (AvgIpc) is 2.40. The first kappa shape index (κ1) is 13.8. The van der Waals surface area contributed by atoms with Crippen molar-refractivity contribution in [2.45, 2.75) is 13.0 Å². The lowest BCUT2D eigenvalue weighted by Crippen LogP contribution is -2.19. The molecule has 2 rings (SSSR count). The molecule has 0 fully saturated rings. The molecular formula is C15H18ClN3. The normalized spacial score (nSPS) is 10.5. The van der Waals surface area contributed by atoms with Crippen LogP contribution >= 0.6 is 11.6 Å². The molecule has 0 atom stereocenters. The summed E-state index contributed by atoms with van der Waals surface area (Å²) in [6.07, 6.45) is 4.43. The molecule has 2 aromatic rings. The van der Waals surface area contributed by atoms with Crippen LogP contribution in [0.3, 0.4) is 0 Å². The third kappa shape index (κ3) is 3.46. The van der Waals surface area contributed by atoms with E-state index >= 15 is 0 Å². The maximum Gasteiger partial charge on any atom is 0.0642 e. The molecule has 0 aliphatic heterocycles. The molecule has 0 spiro atoms. The van der Waals surface area contributed by atoms with Crippen LogP contribution in [0.5, 0.6) is 0 Å². The molecule has 4 heteroatoms. The number of hydrogen-bond acceptors (Lipinski definition) is 3. The number of para-hydroxylation sites is 1. The van der Waals surface area contributed by atoms with Crippen LogP contribution < -0.4 is 10.6 Å². The molecule has 1 aromatic heterocycles. The Kier molecular flexibility index (Phi) is 4.77. The molecule has 0 aliphatic carbocycles. The Morgan fingerprint density at radius 3 is 2.63 bits per heavy atom. The topological polar surface area (TPSA) is 42.2 Å². The Morgan fingerprint density at radius 2 is 1.95 bits per heavy atom. The van der Waals surface area contributed by atoms with E-state index in [9.17, 15) is 0 Å². The van der Waals surface area contributed by atoms with Crippen molar-refractivity contribution < 1.29 is 0 Å². The highest BCUT2D eigenvalue weighted by molar-refractivity contribution is 6.33. The zero-order chi connectivity index (χ0) is 13.7. The van der Waals surface area contributed by atoms with Gasteiger partial charge in [0.15, 0.2) is 0 Å². The van der Waals surface area contributed by atoms with Gasteiger partial charge in [-0.15, -0.1) is 0 Å². The van der Waals surface area contributed by atoms with Crippen LogP contribution in [0.25, 0.3) is 0 Å². The number of nitrogens with zero attached hydrogens (tertiary/aromatic N) is 2. The molecule has 100 valence electrons. The van der Waals surface area contributed by atoms with Crippen molar-refractivity contribution in [1.29, 1.82) is 0 Å². The molecule has 0 bridgehead atoms. The van der Waals surface area contributed by atoms with Gasteiger partial charge in [0.25, 0.3) is 0 Å². The van der Waals surface area contributed by atoms with Crippen molar-refractivity contribution in [2.75, 3.05) is 18.5 Å². The van der Waals surface area contributed by atoms with Gasteiger partial charge >= 0.3 is 0 Å². The van der Waals surface area contributed by atoms with Crippen molar-refractivity contribution in [3.8, 4) is 0 Å². The van der Waals surface area contributed by atoms with Gasteiger partial charge in [-0.3, -0.25) is 4.98 Å². The Bertz CT molecular complexity index is 528. The fourth-order valence-electron chi connectivity index (χ4n) is 2.19. The SMILES string of the molecule is CN(Cc1ccncc1)c1c(Cl)cccc1CCN. The van der Waals surface area contributed by atoms with Crippen molar-refractivity contribution in [1.82, 2.24) is 4.98 Å². The highest BCUT2D eigenvalue weighted by Gasteiger charge is 2.11. The second kappa shape index (κ2) is 6.55. The molecule has 0 saturated carbocycles. The molecule has 0 amide bonds. The van der Waals surface area contributed by atoms with Gasteiger partial charge in [-0.25, -0.2) is 0 Å². The summed E-state index contributed by atoms with van der Waals surface area (Å²) in [5.74, 6) is 0. The molecule has 1 heterocycles. The van der Waals surface area contributed by atoms with E-state index in [0.29, 0.717) is 6.54 Å². The Morgan fingerprint density at radius 1 is 1.21 bits per heavy atom. The standard InChI is InChI=1S/C15H18ClN3/c1-19(11-12-6-9-18-10-7-12)15-13(5-8-17)3-2-4-14(15)16/h2-4,6-7,9-10H,5,8,11,17H2,1H3. The van der Waals surface area contributed by atoms with Crippen LogP contribution in [-0.4, -0.2) is 18.6 Å². The van der Waals surface area contributed by atoms with Crippen molar-refractivity contribution >= 4 is 17.3 Å². The molecule has 0 radical (unpaired) electrons. The smallest absolute Gasteiger partial charge is 0.0642 e. The van der Waals surface area contributed by atoms with Crippen molar-refractivity contribution in [3.63, 3.8) is 0 Å². The van der Waals surface area contributed by atoms with E-state index in [1.807, 2.05) is 31.3 Å². The Labute approximate surface area is 119 Å². The number of hydrogen-bond donors (Lipinski definition) is 1. The molecule has 2 N–H and O–H groups in total. The summed E-state index contributed by atoms with van der Waals surface area (Å²) in [5, 5.41) is 0.766. The summed E-state index contributed by atoms with van der Waals surface area (Å²) in [6, 6.07) is 9.99. The first-order valence-corrected chi connectivity index (χ1v) is 6.67. The van der Waals surface area contributed by atoms with Crippen LogP contribution in [0.15, 0.2) is 42.7 Å². The minimum atomic E-state index is 0.621. The molecule has 3 nitrogen and oxygen atoms in total. The Balaban J connectivity index is 2.25. The molecular weight excluding hydrogens is 258 g/mol. The molecule has 0 aliphatic rings. The second-order valence-electron chi connectivity index (χ2n) is 4.50. The van der Waals surface area contributed by atoms with Crippen LogP contribution in [0.2, 0.25) is 5.02 Å². The summed E-state index contributed by atoms with van der Waals surface area (Å²) < 4.78 is 0. The zero-order valence-corrected chi connectivity index (χ0v) is 11.8. The lowest BCUT2D eigenvalue weighted by atomic mass is 10.1. The number of pyridine rings is 1. The fraction of sp³-hybridized carbons (Fsp3) is 0.267. The first-order chi connectivity index (χ1) is 9.22. The van der Waals surface area contributed by atoms with E-state index in [1.165, 1.54) is 11.1 Å². The highest BCUT2D eigenvalue weighted by Crippen LogP contribution is 2.30. The average molecular weight is 276 g/mol. The van der Waals surface area contributed by atoms with E-state index in [4.69, 9.17) is 17.3 Å². The minimum Gasteiger partial charge on any atom is -0.369 e. The van der Waals surface area contributed by atoms with Crippen molar-refractivity contribution in [3.05, 3.63) is 58.9 Å². The zero-order valence-electron chi connectivity index (χ0n) is 11.0. The van der Waals surface area contributed by atoms with E-state index in [2.05, 4.69) is 16.0 Å². The van der Waals surface area contributed by atoms with Gasteiger partial charge in [-0.05, 0) is 42.3 Å². The number of benzene rings is 1. The summed E-state index contributed by atoms with van der Waals surface area (Å²) in [4.78, 5) is 6.18. The third-order valence-electron chi connectivity index (χ3n) is 3.03. The predicted octanol–water partition coefficient (Wildman–Crippen LogP) is 2.87. The second-order valence-corrected chi connectivity index (χ2v) is 4.90. The van der Waals surface area contributed by atoms with Crippen LogP contribution in [0.1, 0.15) is 11.1 Å². The number of anilines is 1. The summed E-state index contributed by atoms with van der Waals surface area (Å²) in [6.45, 7) is 1.42. The quantitative estimate of drug-likeness (QED) is 0.912. The van der Waals surface area contributed by atoms with E-state index < -0.39 is 0 Å². The van der Waals surface area contributed by atoms with E-state index in [1.54, 1.807) is 12.4 Å². The van der Waals surface area contributed by atoms with Crippen LogP contribution in [0.4, 0.5) is 5.69 Å². The van der Waals surface area contributed by atoms with Gasteiger partial charge in [-0.2, -0.15) is 0 Å². The monoisotopic (exact) mass is 275 g/mol. The Hall–Kier alpha value is -1.58. The largest absolute Gasteiger partial charge is 0.369 e. The van der Waals surface area contributed by atoms with Crippen LogP contribution in [-0.2, 0) is 13.0 Å². The van der Waals surface area contributed by atoms with Crippen molar-refractivity contribution in [2.24, 2.45) is 5.73 Å². The first-order valence-electron chi connectivity index (χ1n) is 6.30. The third-order valence-corrected chi connectivity index (χ3v) is 3.34. The fourth-order valence-corrected chi connectivity index (χ4v) is 2.52. The highest BCUT2D eigenvalue weighted by atomic mass is 35.5. The lowest BCUT2D eigenvalue weighted by molar-refractivity contribution is 0.891. The molecule has 0 saturated heterocycles. The number of aromatic nitrogens is 1. The van der Waals surface area contributed by atoms with E-state index in [-0.39, 0.29) is 0 Å². The van der Waals surface area contributed by atoms with Gasteiger partial charge < -0.3 is 10.6 Å². The van der Waals surface area contributed by atoms with E-state index in [0.717, 1.165) is 23.7 Å². The molecule has 19 heavy (non-hydrogen) atoms. The molecule has 1 aromatic carbocycles. The van der Waals surface area contributed by atoms with Gasteiger partial charge in [0, 0.05) is 26.0 Å². The summed E-state index contributed by atoms with van der Waals surface area (Å²) in [7, 11) is 2.04. The van der Waals surface area contributed by atoms with Gasteiger partial charge in [-0.1, -0.05) is 23.7 Å². The van der Waals surface area contributed by atoms with Gasteiger partial charge in [0.2, 0.25) is 0 Å². The van der Waals surface area contributed by atoms with Gasteiger partial charge in [0.05, 0.1) is 10.7 Å². The minimum absolute atomic E-state index is 0.621. The number of halogens is 1. The lowest BCUT2D eigenvalue weighted by Gasteiger charge is -2.23. The predicted molar refractivity (Wildman–Crippen MR) is 80.6 cm³/mol.